The van der Waals surface area contributed by atoms with Gasteiger partial charge >= 0.3 is 0 Å². The molecular formula is C22H21ClN2O3S. The Morgan fingerprint density at radius 1 is 0.931 bits per heavy atom. The average molecular weight is 429 g/mol. The Hall–Kier alpha value is -2.83. The highest BCUT2D eigenvalue weighted by atomic mass is 35.5. The number of hydrogen-bond donors (Lipinski definition) is 1. The molecule has 150 valence electrons. The van der Waals surface area contributed by atoms with Crippen molar-refractivity contribution in [2.75, 3.05) is 16.2 Å². The van der Waals surface area contributed by atoms with E-state index in [1.54, 1.807) is 30.3 Å². The van der Waals surface area contributed by atoms with Gasteiger partial charge in [0, 0.05) is 10.7 Å². The second kappa shape index (κ2) is 8.68. The first-order chi connectivity index (χ1) is 13.8. The summed E-state index contributed by atoms with van der Waals surface area (Å²) in [6, 6.07) is 20.2. The highest BCUT2D eigenvalue weighted by Crippen LogP contribution is 2.25. The number of rotatable bonds is 6. The molecule has 1 N–H and O–H groups in total. The van der Waals surface area contributed by atoms with E-state index < -0.39 is 15.9 Å². The number of hydrogen-bond acceptors (Lipinski definition) is 3. The third kappa shape index (κ3) is 5.16. The molecule has 0 saturated heterocycles. The van der Waals surface area contributed by atoms with Crippen LogP contribution in [0.5, 0.6) is 0 Å². The van der Waals surface area contributed by atoms with E-state index in [2.05, 4.69) is 5.32 Å². The predicted molar refractivity (Wildman–Crippen MR) is 117 cm³/mol. The first-order valence-electron chi connectivity index (χ1n) is 8.97. The molecule has 0 saturated carbocycles. The zero-order valence-electron chi connectivity index (χ0n) is 16.1. The molecule has 0 aliphatic rings. The minimum absolute atomic E-state index is 0.0610. The summed E-state index contributed by atoms with van der Waals surface area (Å²) in [5.74, 6) is -0.436. The van der Waals surface area contributed by atoms with Crippen molar-refractivity contribution < 1.29 is 13.2 Å². The molecule has 3 rings (SSSR count). The van der Waals surface area contributed by atoms with Crippen molar-refractivity contribution in [2.45, 2.75) is 18.7 Å². The molecule has 0 spiro atoms. The van der Waals surface area contributed by atoms with Crippen LogP contribution in [0.1, 0.15) is 11.1 Å². The number of amides is 1. The fourth-order valence-corrected chi connectivity index (χ4v) is 4.36. The second-order valence-electron chi connectivity index (χ2n) is 6.72. The number of benzene rings is 3. The van der Waals surface area contributed by atoms with Crippen molar-refractivity contribution >= 4 is 38.9 Å². The quantitative estimate of drug-likeness (QED) is 0.613. The Morgan fingerprint density at radius 2 is 1.59 bits per heavy atom. The van der Waals surface area contributed by atoms with Crippen molar-refractivity contribution in [3.8, 4) is 0 Å². The van der Waals surface area contributed by atoms with Crippen LogP contribution in [0.2, 0.25) is 5.02 Å². The Bertz CT molecular complexity index is 1110. The number of nitrogens with one attached hydrogen (secondary N) is 1. The van der Waals surface area contributed by atoms with Gasteiger partial charge < -0.3 is 5.32 Å². The van der Waals surface area contributed by atoms with E-state index in [4.69, 9.17) is 11.6 Å². The standard InChI is InChI=1S/C22H21ClN2O3S/c1-16-6-10-20(11-7-16)25(29(27,28)21-12-8-18(23)9-13-21)15-22(26)24-19-5-3-4-17(2)14-19/h3-14H,15H2,1-2H3,(H,24,26). The van der Waals surface area contributed by atoms with Gasteiger partial charge in [0.25, 0.3) is 10.0 Å². The van der Waals surface area contributed by atoms with Crippen molar-refractivity contribution in [1.29, 1.82) is 0 Å². The molecule has 0 aliphatic heterocycles. The van der Waals surface area contributed by atoms with E-state index in [0.29, 0.717) is 16.4 Å². The summed E-state index contributed by atoms with van der Waals surface area (Å²) >= 11 is 5.89. The summed E-state index contributed by atoms with van der Waals surface area (Å²) in [6.07, 6.45) is 0. The zero-order chi connectivity index (χ0) is 21.0. The van der Waals surface area contributed by atoms with Gasteiger partial charge in [0.2, 0.25) is 5.91 Å². The van der Waals surface area contributed by atoms with Gasteiger partial charge in [-0.2, -0.15) is 0 Å². The maximum absolute atomic E-state index is 13.3. The van der Waals surface area contributed by atoms with Crippen molar-refractivity contribution in [3.63, 3.8) is 0 Å². The van der Waals surface area contributed by atoms with Gasteiger partial charge in [-0.1, -0.05) is 41.4 Å². The van der Waals surface area contributed by atoms with Crippen molar-refractivity contribution in [1.82, 2.24) is 0 Å². The molecule has 3 aromatic rings. The van der Waals surface area contributed by atoms with Crippen LogP contribution < -0.4 is 9.62 Å². The lowest BCUT2D eigenvalue weighted by molar-refractivity contribution is -0.114. The van der Waals surface area contributed by atoms with Gasteiger partial charge in [-0.3, -0.25) is 9.10 Å². The number of carbonyl (C=O) groups is 1. The second-order valence-corrected chi connectivity index (χ2v) is 9.02. The Balaban J connectivity index is 1.93. The summed E-state index contributed by atoms with van der Waals surface area (Å²) in [4.78, 5) is 12.7. The van der Waals surface area contributed by atoms with Gasteiger partial charge in [0.1, 0.15) is 6.54 Å². The molecule has 0 bridgehead atoms. The monoisotopic (exact) mass is 428 g/mol. The molecule has 7 heteroatoms. The molecule has 5 nitrogen and oxygen atoms in total. The predicted octanol–water partition coefficient (Wildman–Crippen LogP) is 4.79. The lowest BCUT2D eigenvalue weighted by Crippen LogP contribution is -2.38. The minimum Gasteiger partial charge on any atom is -0.325 e. The summed E-state index contributed by atoms with van der Waals surface area (Å²) in [5, 5.41) is 3.19. The summed E-state index contributed by atoms with van der Waals surface area (Å²) in [7, 11) is -3.97. The number of anilines is 2. The molecule has 0 heterocycles. The van der Waals surface area contributed by atoms with Crippen LogP contribution >= 0.6 is 11.6 Å². The lowest BCUT2D eigenvalue weighted by atomic mass is 10.2. The largest absolute Gasteiger partial charge is 0.325 e. The molecule has 0 fully saturated rings. The van der Waals surface area contributed by atoms with Crippen LogP contribution in [0, 0.1) is 13.8 Å². The lowest BCUT2D eigenvalue weighted by Gasteiger charge is -2.24. The summed E-state index contributed by atoms with van der Waals surface area (Å²) in [5.41, 5.74) is 3.00. The smallest absolute Gasteiger partial charge is 0.264 e. The van der Waals surface area contributed by atoms with Gasteiger partial charge in [-0.05, 0) is 67.9 Å². The zero-order valence-corrected chi connectivity index (χ0v) is 17.7. The van der Waals surface area contributed by atoms with E-state index in [0.717, 1.165) is 15.4 Å². The fraction of sp³-hybridized carbons (Fsp3) is 0.136. The first kappa shape index (κ1) is 20.9. The number of nitrogens with zero attached hydrogens (tertiary/aromatic N) is 1. The summed E-state index contributed by atoms with van der Waals surface area (Å²) in [6.45, 7) is 3.47. The van der Waals surface area contributed by atoms with E-state index in [1.165, 1.54) is 24.3 Å². The summed E-state index contributed by atoms with van der Waals surface area (Å²) < 4.78 is 27.6. The normalized spacial score (nSPS) is 11.1. The minimum atomic E-state index is -3.97. The third-order valence-electron chi connectivity index (χ3n) is 4.31. The fourth-order valence-electron chi connectivity index (χ4n) is 2.81. The molecule has 1 amide bonds. The molecule has 0 unspecified atom stereocenters. The maximum atomic E-state index is 13.3. The van der Waals surface area contributed by atoms with Crippen LogP contribution in [-0.2, 0) is 14.8 Å². The van der Waals surface area contributed by atoms with E-state index in [-0.39, 0.29) is 11.4 Å². The Kier molecular flexibility index (Phi) is 6.25. The van der Waals surface area contributed by atoms with Crippen LogP contribution in [0.4, 0.5) is 11.4 Å². The molecule has 0 aliphatic carbocycles. The van der Waals surface area contributed by atoms with Gasteiger partial charge in [-0.25, -0.2) is 8.42 Å². The van der Waals surface area contributed by atoms with Gasteiger partial charge in [-0.15, -0.1) is 0 Å². The molecule has 3 aromatic carbocycles. The van der Waals surface area contributed by atoms with Crippen LogP contribution in [0.15, 0.2) is 77.7 Å². The number of halogens is 1. The first-order valence-corrected chi connectivity index (χ1v) is 10.8. The third-order valence-corrected chi connectivity index (χ3v) is 6.35. The number of carbonyl (C=O) groups excluding carboxylic acids is 1. The average Bonchev–Trinajstić information content (AvgIpc) is 2.67. The molecule has 29 heavy (non-hydrogen) atoms. The van der Waals surface area contributed by atoms with Crippen molar-refractivity contribution in [3.05, 3.63) is 88.9 Å². The van der Waals surface area contributed by atoms with E-state index in [9.17, 15) is 13.2 Å². The topological polar surface area (TPSA) is 66.5 Å². The van der Waals surface area contributed by atoms with Crippen LogP contribution in [0.3, 0.4) is 0 Å². The number of sulfonamides is 1. The van der Waals surface area contributed by atoms with E-state index >= 15 is 0 Å². The highest BCUT2D eigenvalue weighted by Gasteiger charge is 2.27. The van der Waals surface area contributed by atoms with Gasteiger partial charge in [0.05, 0.1) is 10.6 Å². The molecule has 0 aromatic heterocycles. The van der Waals surface area contributed by atoms with Gasteiger partial charge in [0.15, 0.2) is 0 Å². The molecule has 0 atom stereocenters. The SMILES string of the molecule is Cc1ccc(N(CC(=O)Nc2cccc(C)c2)S(=O)(=O)c2ccc(Cl)cc2)cc1. The van der Waals surface area contributed by atoms with Crippen molar-refractivity contribution in [2.24, 2.45) is 0 Å². The van der Waals surface area contributed by atoms with E-state index in [1.807, 2.05) is 32.0 Å². The highest BCUT2D eigenvalue weighted by molar-refractivity contribution is 7.92. The van der Waals surface area contributed by atoms with Crippen LogP contribution in [0.25, 0.3) is 0 Å². The Morgan fingerprint density at radius 3 is 2.21 bits per heavy atom. The molecule has 0 radical (unpaired) electrons. The Labute approximate surface area is 176 Å². The maximum Gasteiger partial charge on any atom is 0.264 e. The molecular weight excluding hydrogens is 408 g/mol. The van der Waals surface area contributed by atoms with Crippen LogP contribution in [-0.4, -0.2) is 20.9 Å². The number of aryl methyl sites for hydroxylation is 2.